The maximum absolute atomic E-state index is 11.8. The Morgan fingerprint density at radius 3 is 2.57 bits per heavy atom. The van der Waals surface area contributed by atoms with Gasteiger partial charge in [0.2, 0.25) is 11.8 Å². The monoisotopic (exact) mass is 333 g/mol. The molecule has 1 atom stereocenters. The summed E-state index contributed by atoms with van der Waals surface area (Å²) in [5, 5.41) is 14.4. The van der Waals surface area contributed by atoms with Crippen molar-refractivity contribution in [2.24, 2.45) is 5.16 Å². The molecule has 0 unspecified atom stereocenters. The second-order valence-corrected chi connectivity index (χ2v) is 5.13. The minimum atomic E-state index is -1.35. The Morgan fingerprint density at radius 1 is 1.35 bits per heavy atom. The fourth-order valence-electron chi connectivity index (χ4n) is 1.67. The number of benzene rings is 1. The van der Waals surface area contributed by atoms with Crippen molar-refractivity contribution in [3.8, 4) is 0 Å². The first kappa shape index (κ1) is 16.5. The van der Waals surface area contributed by atoms with Crippen molar-refractivity contribution in [1.82, 2.24) is 4.98 Å². The highest BCUT2D eigenvalue weighted by molar-refractivity contribution is 7.13. The van der Waals surface area contributed by atoms with Gasteiger partial charge in [-0.05, 0) is 0 Å². The Morgan fingerprint density at radius 2 is 2.04 bits per heavy atom. The van der Waals surface area contributed by atoms with E-state index in [2.05, 4.69) is 14.8 Å². The molecule has 0 spiro atoms. The van der Waals surface area contributed by atoms with Crippen LogP contribution in [0.5, 0.6) is 0 Å². The average Bonchev–Trinajstić information content (AvgIpc) is 2.97. The van der Waals surface area contributed by atoms with Crippen LogP contribution in [-0.4, -0.2) is 35.8 Å². The van der Waals surface area contributed by atoms with Gasteiger partial charge < -0.3 is 20.3 Å². The molecule has 3 N–H and O–H groups in total. The SMILES string of the molecule is BOC(=O)[C@@H](O/N=C(\C(=O)O)c1csc(N)n1)c1ccccc1. The van der Waals surface area contributed by atoms with Gasteiger partial charge in [-0.1, -0.05) is 35.5 Å². The maximum Gasteiger partial charge on any atom is 0.360 e. The van der Waals surface area contributed by atoms with Crippen LogP contribution < -0.4 is 5.73 Å². The summed E-state index contributed by atoms with van der Waals surface area (Å²) in [7, 11) is 1.20. The number of nitrogens with two attached hydrogens (primary N) is 1. The van der Waals surface area contributed by atoms with E-state index in [1.54, 1.807) is 30.3 Å². The van der Waals surface area contributed by atoms with E-state index in [4.69, 9.17) is 10.6 Å². The van der Waals surface area contributed by atoms with Crippen LogP contribution in [-0.2, 0) is 19.1 Å². The third-order valence-corrected chi connectivity index (χ3v) is 3.41. The number of carboxylic acids is 1. The fraction of sp³-hybridized carbons (Fsp3) is 0.0769. The summed E-state index contributed by atoms with van der Waals surface area (Å²) in [6.07, 6.45) is -1.19. The second-order valence-electron chi connectivity index (χ2n) is 4.24. The molecular weight excluding hydrogens is 321 g/mol. The lowest BCUT2D eigenvalue weighted by atomic mass is 10.1. The van der Waals surface area contributed by atoms with Crippen molar-refractivity contribution in [3.63, 3.8) is 0 Å². The number of hydrogen-bond acceptors (Lipinski definition) is 8. The van der Waals surface area contributed by atoms with Gasteiger partial charge in [0.15, 0.2) is 5.13 Å². The van der Waals surface area contributed by atoms with Crippen molar-refractivity contribution in [3.05, 3.63) is 47.0 Å². The van der Waals surface area contributed by atoms with E-state index >= 15 is 0 Å². The molecule has 10 heteroatoms. The summed E-state index contributed by atoms with van der Waals surface area (Å²) in [6.45, 7) is 0. The summed E-state index contributed by atoms with van der Waals surface area (Å²) in [5.41, 5.74) is 5.55. The summed E-state index contributed by atoms with van der Waals surface area (Å²) < 4.78 is 4.66. The molecule has 0 fully saturated rings. The zero-order valence-corrected chi connectivity index (χ0v) is 12.8. The minimum absolute atomic E-state index is 0.0525. The van der Waals surface area contributed by atoms with Crippen molar-refractivity contribution in [2.75, 3.05) is 5.73 Å². The molecule has 1 aromatic carbocycles. The molecule has 118 valence electrons. The smallest absolute Gasteiger partial charge is 0.360 e. The lowest BCUT2D eigenvalue weighted by Gasteiger charge is -2.13. The molecular formula is C13H12BN3O5S. The first-order valence-electron chi connectivity index (χ1n) is 6.34. The van der Waals surface area contributed by atoms with Crippen molar-refractivity contribution in [1.29, 1.82) is 0 Å². The van der Waals surface area contributed by atoms with Crippen LogP contribution in [0.25, 0.3) is 0 Å². The normalized spacial score (nSPS) is 12.4. The number of rotatable bonds is 6. The van der Waals surface area contributed by atoms with Gasteiger partial charge in [0.05, 0.1) is 0 Å². The van der Waals surface area contributed by atoms with Crippen LogP contribution in [0.4, 0.5) is 5.13 Å². The van der Waals surface area contributed by atoms with E-state index in [0.29, 0.717) is 5.56 Å². The van der Waals surface area contributed by atoms with Crippen LogP contribution in [0.2, 0.25) is 0 Å². The van der Waals surface area contributed by atoms with Crippen LogP contribution >= 0.6 is 11.3 Å². The molecule has 0 aliphatic heterocycles. The van der Waals surface area contributed by atoms with Gasteiger partial charge >= 0.3 is 20.0 Å². The Bertz CT molecular complexity index is 734. The number of hydrogen-bond donors (Lipinski definition) is 2. The number of nitrogen functional groups attached to an aromatic ring is 1. The molecule has 1 aromatic heterocycles. The molecule has 0 aliphatic rings. The summed E-state index contributed by atoms with van der Waals surface area (Å²) in [4.78, 5) is 32.1. The van der Waals surface area contributed by atoms with E-state index in [0.717, 1.165) is 11.3 Å². The largest absolute Gasteiger partial charge is 0.540 e. The summed E-state index contributed by atoms with van der Waals surface area (Å²) in [5.74, 6) is -2.06. The van der Waals surface area contributed by atoms with Crippen molar-refractivity contribution < 1.29 is 24.2 Å². The molecule has 23 heavy (non-hydrogen) atoms. The highest BCUT2D eigenvalue weighted by atomic mass is 32.1. The quantitative estimate of drug-likeness (QED) is 0.444. The number of carbonyl (C=O) groups is 2. The number of anilines is 1. The molecule has 2 rings (SSSR count). The molecule has 0 radical (unpaired) electrons. The van der Waals surface area contributed by atoms with Gasteiger partial charge in [-0.2, -0.15) is 0 Å². The zero-order chi connectivity index (χ0) is 16.8. The Labute approximate surface area is 136 Å². The van der Waals surface area contributed by atoms with Crippen LogP contribution in [0.1, 0.15) is 17.4 Å². The fourth-order valence-corrected chi connectivity index (χ4v) is 2.22. The minimum Gasteiger partial charge on any atom is -0.540 e. The first-order chi connectivity index (χ1) is 11.0. The van der Waals surface area contributed by atoms with Gasteiger partial charge in [-0.3, -0.25) is 0 Å². The summed E-state index contributed by atoms with van der Waals surface area (Å²) in [6, 6.07) is 8.45. The maximum atomic E-state index is 11.8. The van der Waals surface area contributed by atoms with Crippen molar-refractivity contribution >= 4 is 42.2 Å². The zero-order valence-electron chi connectivity index (χ0n) is 12.0. The Balaban J connectivity index is 2.31. The molecule has 1 heterocycles. The van der Waals surface area contributed by atoms with Crippen LogP contribution in [0.3, 0.4) is 0 Å². The molecule has 8 nitrogen and oxygen atoms in total. The number of carbonyl (C=O) groups excluding carboxylic acids is 1. The highest BCUT2D eigenvalue weighted by Gasteiger charge is 2.25. The van der Waals surface area contributed by atoms with Crippen LogP contribution in [0, 0.1) is 0 Å². The van der Waals surface area contributed by atoms with Gasteiger partial charge in [-0.15, -0.1) is 11.3 Å². The van der Waals surface area contributed by atoms with E-state index < -0.39 is 23.8 Å². The topological polar surface area (TPSA) is 124 Å². The number of thiazole rings is 1. The molecule has 0 aliphatic carbocycles. The number of oxime groups is 1. The Hall–Kier alpha value is -2.88. The van der Waals surface area contributed by atoms with Crippen molar-refractivity contribution in [2.45, 2.75) is 6.10 Å². The molecule has 0 amide bonds. The average molecular weight is 333 g/mol. The van der Waals surface area contributed by atoms with Gasteiger partial charge in [0.1, 0.15) is 5.69 Å². The number of nitrogens with zero attached hydrogens (tertiary/aromatic N) is 2. The van der Waals surface area contributed by atoms with E-state index in [-0.39, 0.29) is 10.8 Å². The molecule has 0 bridgehead atoms. The number of carboxylic acid groups (broad SMARTS) is 1. The third kappa shape index (κ3) is 4.07. The van der Waals surface area contributed by atoms with Gasteiger partial charge in [0.25, 0.3) is 0 Å². The Kier molecular flexibility index (Phi) is 5.31. The number of aromatic nitrogens is 1. The predicted molar refractivity (Wildman–Crippen MR) is 85.6 cm³/mol. The highest BCUT2D eigenvalue weighted by Crippen LogP contribution is 2.20. The predicted octanol–water partition coefficient (Wildman–Crippen LogP) is 0.363. The summed E-state index contributed by atoms with van der Waals surface area (Å²) >= 11 is 1.07. The van der Waals surface area contributed by atoms with E-state index in [1.807, 2.05) is 0 Å². The lowest BCUT2D eigenvalue weighted by Crippen LogP contribution is -2.20. The molecule has 0 saturated heterocycles. The first-order valence-corrected chi connectivity index (χ1v) is 7.22. The standard InChI is InChI=1S/C13H12BN3O5S/c14-21-12(20)10(7-4-2-1-3-5-7)22-17-9(11(18)19)8-6-23-13(15)16-8/h1-6,10H,14H2,(H2,15,16)(H,18,19)/b17-9-/t10-/m0/s1. The third-order valence-electron chi connectivity index (χ3n) is 2.73. The van der Waals surface area contributed by atoms with Gasteiger partial charge in [0, 0.05) is 10.9 Å². The lowest BCUT2D eigenvalue weighted by molar-refractivity contribution is -0.148. The molecule has 2 aromatic rings. The van der Waals surface area contributed by atoms with Crippen LogP contribution in [0.15, 0.2) is 40.9 Å². The second kappa shape index (κ2) is 7.41. The molecule has 0 saturated carbocycles. The van der Waals surface area contributed by atoms with E-state index in [1.165, 1.54) is 13.4 Å². The van der Waals surface area contributed by atoms with Gasteiger partial charge in [-0.25, -0.2) is 14.6 Å². The van der Waals surface area contributed by atoms with E-state index in [9.17, 15) is 14.7 Å². The number of aliphatic carboxylic acids is 1.